The molecule has 0 spiro atoms. The van der Waals surface area contributed by atoms with Crippen molar-refractivity contribution in [3.63, 3.8) is 0 Å². The number of rotatable bonds is 3. The summed E-state index contributed by atoms with van der Waals surface area (Å²) in [4.78, 5) is 9.36. The lowest BCUT2D eigenvalue weighted by Gasteiger charge is -2.15. The molecule has 0 fully saturated rings. The number of aromatic nitrogens is 2. The highest BCUT2D eigenvalue weighted by Gasteiger charge is 2.15. The van der Waals surface area contributed by atoms with Gasteiger partial charge in [-0.15, -0.1) is 0 Å². The van der Waals surface area contributed by atoms with Gasteiger partial charge in [0.15, 0.2) is 0 Å². The van der Waals surface area contributed by atoms with E-state index in [0.717, 1.165) is 22.5 Å². The third-order valence-corrected chi connectivity index (χ3v) is 5.93. The Morgan fingerprint density at radius 2 is 1.25 bits per heavy atom. The lowest BCUT2D eigenvalue weighted by Crippen LogP contribution is -1.93. The summed E-state index contributed by atoms with van der Waals surface area (Å²) in [7, 11) is 0. The highest BCUT2D eigenvalue weighted by molar-refractivity contribution is 6.08. The molecule has 6 aromatic rings. The molecule has 6 rings (SSSR count). The van der Waals surface area contributed by atoms with E-state index in [9.17, 15) is 0 Å². The molecule has 2 aromatic heterocycles. The largest absolute Gasteiger partial charge is 0.264 e. The third-order valence-electron chi connectivity index (χ3n) is 5.93. The standard InChI is InChI=1S/C30H20N2/c1-2-8-21(9-3-1)26-16-15-24-18-22-10-4-5-11-23(22)19-27(24)30(26)29-14-6-13-28(32-29)25-12-7-17-31-20-25/h1-20H. The number of pyridine rings is 2. The zero-order valence-corrected chi connectivity index (χ0v) is 17.4. The third kappa shape index (κ3) is 3.23. The highest BCUT2D eigenvalue weighted by atomic mass is 14.7. The average Bonchev–Trinajstić information content (AvgIpc) is 2.88. The predicted molar refractivity (Wildman–Crippen MR) is 133 cm³/mol. The summed E-state index contributed by atoms with van der Waals surface area (Å²) < 4.78 is 0. The van der Waals surface area contributed by atoms with E-state index in [1.54, 1.807) is 6.20 Å². The quantitative estimate of drug-likeness (QED) is 0.279. The normalized spacial score (nSPS) is 11.1. The van der Waals surface area contributed by atoms with Gasteiger partial charge in [0.25, 0.3) is 0 Å². The Bertz CT molecular complexity index is 1550. The first-order valence-corrected chi connectivity index (χ1v) is 10.8. The summed E-state index contributed by atoms with van der Waals surface area (Å²) in [5.74, 6) is 0. The van der Waals surface area contributed by atoms with Crippen LogP contribution >= 0.6 is 0 Å². The molecule has 2 heterocycles. The first-order valence-electron chi connectivity index (χ1n) is 10.8. The SMILES string of the molecule is c1ccc(-c2ccc3cc4ccccc4cc3c2-c2cccc(-c3cccnc3)n2)cc1. The monoisotopic (exact) mass is 408 g/mol. The van der Waals surface area contributed by atoms with Gasteiger partial charge in [-0.1, -0.05) is 72.8 Å². The van der Waals surface area contributed by atoms with Crippen molar-refractivity contribution in [2.45, 2.75) is 0 Å². The van der Waals surface area contributed by atoms with Crippen LogP contribution in [-0.4, -0.2) is 9.97 Å². The molecule has 2 heteroatoms. The van der Waals surface area contributed by atoms with Crippen LogP contribution in [0.4, 0.5) is 0 Å². The van der Waals surface area contributed by atoms with E-state index in [1.165, 1.54) is 32.7 Å². The van der Waals surface area contributed by atoms with Crippen molar-refractivity contribution in [1.82, 2.24) is 9.97 Å². The maximum atomic E-state index is 5.09. The van der Waals surface area contributed by atoms with Gasteiger partial charge in [0.2, 0.25) is 0 Å². The molecule has 0 radical (unpaired) electrons. The van der Waals surface area contributed by atoms with Crippen LogP contribution < -0.4 is 0 Å². The summed E-state index contributed by atoms with van der Waals surface area (Å²) in [5.41, 5.74) is 6.43. The number of hydrogen-bond donors (Lipinski definition) is 0. The van der Waals surface area contributed by atoms with Crippen molar-refractivity contribution < 1.29 is 0 Å². The van der Waals surface area contributed by atoms with Crippen LogP contribution in [0.2, 0.25) is 0 Å². The van der Waals surface area contributed by atoms with Crippen LogP contribution in [0.1, 0.15) is 0 Å². The molecule has 0 N–H and O–H groups in total. The van der Waals surface area contributed by atoms with Crippen molar-refractivity contribution in [2.24, 2.45) is 0 Å². The summed E-state index contributed by atoms with van der Waals surface area (Å²) in [6.07, 6.45) is 3.65. The predicted octanol–water partition coefficient (Wildman–Crippen LogP) is 7.78. The van der Waals surface area contributed by atoms with E-state index >= 15 is 0 Å². The molecule has 0 aliphatic rings. The van der Waals surface area contributed by atoms with Crippen LogP contribution in [0.3, 0.4) is 0 Å². The fourth-order valence-electron chi connectivity index (χ4n) is 4.40. The topological polar surface area (TPSA) is 25.8 Å². The van der Waals surface area contributed by atoms with E-state index in [2.05, 4.69) is 96.0 Å². The lowest BCUT2D eigenvalue weighted by molar-refractivity contribution is 1.28. The zero-order chi connectivity index (χ0) is 21.3. The molecule has 0 aliphatic carbocycles. The van der Waals surface area contributed by atoms with E-state index in [-0.39, 0.29) is 0 Å². The lowest BCUT2D eigenvalue weighted by atomic mass is 9.90. The molecule has 0 bridgehead atoms. The fraction of sp³-hybridized carbons (Fsp3) is 0. The van der Waals surface area contributed by atoms with Gasteiger partial charge in [0.1, 0.15) is 0 Å². The van der Waals surface area contributed by atoms with Crippen molar-refractivity contribution in [3.8, 4) is 33.6 Å². The van der Waals surface area contributed by atoms with Gasteiger partial charge in [0.05, 0.1) is 11.4 Å². The van der Waals surface area contributed by atoms with Crippen LogP contribution in [-0.2, 0) is 0 Å². The number of fused-ring (bicyclic) bond motifs is 2. The fourth-order valence-corrected chi connectivity index (χ4v) is 4.40. The van der Waals surface area contributed by atoms with E-state index < -0.39 is 0 Å². The molecule has 4 aromatic carbocycles. The first kappa shape index (κ1) is 18.5. The minimum absolute atomic E-state index is 0.924. The second-order valence-corrected chi connectivity index (χ2v) is 7.92. The summed E-state index contributed by atoms with van der Waals surface area (Å²) >= 11 is 0. The van der Waals surface area contributed by atoms with Crippen molar-refractivity contribution in [1.29, 1.82) is 0 Å². The van der Waals surface area contributed by atoms with Gasteiger partial charge >= 0.3 is 0 Å². The van der Waals surface area contributed by atoms with E-state index in [0.29, 0.717) is 0 Å². The molecule has 0 saturated heterocycles. The van der Waals surface area contributed by atoms with E-state index in [1.807, 2.05) is 24.4 Å². The maximum absolute atomic E-state index is 5.09. The van der Waals surface area contributed by atoms with Crippen LogP contribution in [0, 0.1) is 0 Å². The average molecular weight is 409 g/mol. The Kier molecular flexibility index (Phi) is 4.47. The molecule has 0 aliphatic heterocycles. The van der Waals surface area contributed by atoms with Crippen LogP contribution in [0.25, 0.3) is 55.2 Å². The van der Waals surface area contributed by atoms with Crippen molar-refractivity contribution in [3.05, 3.63) is 122 Å². The van der Waals surface area contributed by atoms with Gasteiger partial charge < -0.3 is 0 Å². The summed E-state index contributed by atoms with van der Waals surface area (Å²) in [6.45, 7) is 0. The molecule has 150 valence electrons. The van der Waals surface area contributed by atoms with Crippen LogP contribution in [0.15, 0.2) is 122 Å². The second kappa shape index (κ2) is 7.75. The Morgan fingerprint density at radius 3 is 2.06 bits per heavy atom. The molecular weight excluding hydrogens is 388 g/mol. The summed E-state index contributed by atoms with van der Waals surface area (Å²) in [6, 6.07) is 38.3. The van der Waals surface area contributed by atoms with Crippen molar-refractivity contribution in [2.75, 3.05) is 0 Å². The first-order chi connectivity index (χ1) is 15.9. The van der Waals surface area contributed by atoms with E-state index in [4.69, 9.17) is 4.98 Å². The van der Waals surface area contributed by atoms with Crippen LogP contribution in [0.5, 0.6) is 0 Å². The molecule has 0 unspecified atom stereocenters. The highest BCUT2D eigenvalue weighted by Crippen LogP contribution is 2.39. The number of hydrogen-bond acceptors (Lipinski definition) is 2. The molecule has 2 nitrogen and oxygen atoms in total. The minimum atomic E-state index is 0.924. The minimum Gasteiger partial charge on any atom is -0.264 e. The Morgan fingerprint density at radius 1 is 0.500 bits per heavy atom. The Hall–Kier alpha value is -4.30. The number of benzene rings is 4. The Balaban J connectivity index is 1.68. The molecule has 32 heavy (non-hydrogen) atoms. The second-order valence-electron chi connectivity index (χ2n) is 7.92. The van der Waals surface area contributed by atoms with Gasteiger partial charge in [0, 0.05) is 23.5 Å². The van der Waals surface area contributed by atoms with Gasteiger partial charge in [-0.2, -0.15) is 0 Å². The van der Waals surface area contributed by atoms with Gasteiger partial charge in [-0.3, -0.25) is 4.98 Å². The molecule has 0 amide bonds. The van der Waals surface area contributed by atoms with Gasteiger partial charge in [-0.25, -0.2) is 4.98 Å². The summed E-state index contributed by atoms with van der Waals surface area (Å²) in [5, 5.41) is 4.90. The smallest absolute Gasteiger partial charge is 0.0725 e. The molecule has 0 saturated carbocycles. The zero-order valence-electron chi connectivity index (χ0n) is 17.4. The molecular formula is C30H20N2. The molecule has 0 atom stereocenters. The Labute approximate surface area is 186 Å². The number of nitrogens with zero attached hydrogens (tertiary/aromatic N) is 2. The van der Waals surface area contributed by atoms with Gasteiger partial charge in [-0.05, 0) is 69.1 Å². The maximum Gasteiger partial charge on any atom is 0.0725 e. The van der Waals surface area contributed by atoms with Crippen molar-refractivity contribution >= 4 is 21.5 Å².